The number of methoxy groups -OCH3 is 1. The highest BCUT2D eigenvalue weighted by Crippen LogP contribution is 2.40. The van der Waals surface area contributed by atoms with Crippen molar-refractivity contribution >= 4 is 10.9 Å². The van der Waals surface area contributed by atoms with Gasteiger partial charge in [0.2, 0.25) is 0 Å². The van der Waals surface area contributed by atoms with E-state index in [4.69, 9.17) is 4.74 Å². The van der Waals surface area contributed by atoms with E-state index in [1.165, 1.54) is 22.2 Å². The lowest BCUT2D eigenvalue weighted by Crippen LogP contribution is -2.54. The van der Waals surface area contributed by atoms with Crippen LogP contribution in [0, 0.1) is 0 Å². The maximum absolute atomic E-state index is 5.45. The Bertz CT molecular complexity index is 942. The third-order valence-corrected chi connectivity index (χ3v) is 6.25. The van der Waals surface area contributed by atoms with Crippen LogP contribution in [-0.2, 0) is 18.5 Å². The van der Waals surface area contributed by atoms with E-state index in [0.29, 0.717) is 0 Å². The number of fused-ring (bicyclic) bond motifs is 4. The van der Waals surface area contributed by atoms with E-state index in [1.54, 1.807) is 7.11 Å². The van der Waals surface area contributed by atoms with E-state index in [1.807, 2.05) is 18.3 Å². The second-order valence-corrected chi connectivity index (χ2v) is 7.75. The predicted octanol–water partition coefficient (Wildman–Crippen LogP) is 3.21. The van der Waals surface area contributed by atoms with Crippen LogP contribution in [0.15, 0.2) is 42.6 Å². The summed E-state index contributed by atoms with van der Waals surface area (Å²) < 4.78 is 5.45. The zero-order valence-corrected chi connectivity index (χ0v) is 15.8. The number of aromatic nitrogens is 2. The number of ether oxygens (including phenoxy) is 1. The predicted molar refractivity (Wildman–Crippen MR) is 107 cm³/mol. The Morgan fingerprint density at radius 2 is 2.07 bits per heavy atom. The number of hydrogen-bond acceptors (Lipinski definition) is 4. The lowest BCUT2D eigenvalue weighted by Gasteiger charge is -2.44. The Balaban J connectivity index is 1.41. The van der Waals surface area contributed by atoms with E-state index in [2.05, 4.69) is 44.5 Å². The minimum atomic E-state index is 0.0699. The maximum Gasteiger partial charge on any atom is 0.119 e. The van der Waals surface area contributed by atoms with Crippen LogP contribution >= 0.6 is 0 Å². The SMILES string of the molecule is COc1ccc2[nH]c3c(c2c1)CCNC31CCN(Cc2ccccn2)CC1. The summed E-state index contributed by atoms with van der Waals surface area (Å²) in [6, 6.07) is 12.5. The second kappa shape index (κ2) is 6.66. The van der Waals surface area contributed by atoms with Gasteiger partial charge in [-0.15, -0.1) is 0 Å². The Hall–Kier alpha value is -2.37. The van der Waals surface area contributed by atoms with Gasteiger partial charge < -0.3 is 15.0 Å². The number of likely N-dealkylation sites (tertiary alicyclic amines) is 1. The van der Waals surface area contributed by atoms with E-state index >= 15 is 0 Å². The van der Waals surface area contributed by atoms with Gasteiger partial charge in [0.1, 0.15) is 5.75 Å². The van der Waals surface area contributed by atoms with Gasteiger partial charge in [0, 0.05) is 49.0 Å². The van der Waals surface area contributed by atoms with Gasteiger partial charge in [-0.3, -0.25) is 9.88 Å². The smallest absolute Gasteiger partial charge is 0.119 e. The molecule has 2 aliphatic rings. The highest BCUT2D eigenvalue weighted by Gasteiger charge is 2.41. The molecular weight excluding hydrogens is 336 g/mol. The number of aromatic amines is 1. The van der Waals surface area contributed by atoms with Gasteiger partial charge in [-0.25, -0.2) is 0 Å². The molecule has 0 amide bonds. The van der Waals surface area contributed by atoms with Crippen molar-refractivity contribution in [2.75, 3.05) is 26.7 Å². The Morgan fingerprint density at radius 3 is 2.85 bits per heavy atom. The molecule has 2 N–H and O–H groups in total. The fourth-order valence-corrected chi connectivity index (χ4v) is 4.78. The summed E-state index contributed by atoms with van der Waals surface area (Å²) in [5.41, 5.74) is 5.32. The van der Waals surface area contributed by atoms with E-state index in [9.17, 15) is 0 Å². The van der Waals surface area contributed by atoms with Crippen LogP contribution in [0.5, 0.6) is 5.75 Å². The van der Waals surface area contributed by atoms with Crippen LogP contribution in [0.3, 0.4) is 0 Å². The lowest BCUT2D eigenvalue weighted by molar-refractivity contribution is 0.120. The van der Waals surface area contributed by atoms with Crippen molar-refractivity contribution in [2.45, 2.75) is 31.3 Å². The first kappa shape index (κ1) is 16.8. The largest absolute Gasteiger partial charge is 0.497 e. The number of rotatable bonds is 3. The van der Waals surface area contributed by atoms with Gasteiger partial charge in [0.15, 0.2) is 0 Å². The van der Waals surface area contributed by atoms with Gasteiger partial charge in [-0.2, -0.15) is 0 Å². The average molecular weight is 362 g/mol. The molecule has 1 saturated heterocycles. The molecule has 1 fully saturated rings. The van der Waals surface area contributed by atoms with Crippen molar-refractivity contribution < 1.29 is 4.74 Å². The first-order valence-corrected chi connectivity index (χ1v) is 9.84. The summed E-state index contributed by atoms with van der Waals surface area (Å²) in [6.45, 7) is 4.15. The molecule has 5 heteroatoms. The average Bonchev–Trinajstić information content (AvgIpc) is 3.10. The van der Waals surface area contributed by atoms with Crippen molar-refractivity contribution in [2.24, 2.45) is 0 Å². The number of nitrogens with one attached hydrogen (secondary N) is 2. The lowest BCUT2D eigenvalue weighted by atomic mass is 9.79. The minimum absolute atomic E-state index is 0.0699. The van der Waals surface area contributed by atoms with Crippen molar-refractivity contribution in [3.05, 3.63) is 59.5 Å². The van der Waals surface area contributed by atoms with Gasteiger partial charge in [-0.05, 0) is 55.2 Å². The molecule has 1 aromatic carbocycles. The van der Waals surface area contributed by atoms with Crippen molar-refractivity contribution in [3.8, 4) is 5.75 Å². The molecule has 2 aromatic heterocycles. The molecule has 27 heavy (non-hydrogen) atoms. The Labute approximate surface area is 159 Å². The summed E-state index contributed by atoms with van der Waals surface area (Å²) in [7, 11) is 1.74. The molecule has 5 rings (SSSR count). The van der Waals surface area contributed by atoms with Crippen LogP contribution < -0.4 is 10.1 Å². The first-order chi connectivity index (χ1) is 13.3. The second-order valence-electron chi connectivity index (χ2n) is 7.75. The van der Waals surface area contributed by atoms with E-state index in [0.717, 1.165) is 56.9 Å². The molecule has 140 valence electrons. The van der Waals surface area contributed by atoms with E-state index < -0.39 is 0 Å². The fourth-order valence-electron chi connectivity index (χ4n) is 4.78. The number of piperidine rings is 1. The molecule has 3 aromatic rings. The Kier molecular flexibility index (Phi) is 4.14. The molecular formula is C22H26N4O. The van der Waals surface area contributed by atoms with Crippen molar-refractivity contribution in [1.29, 1.82) is 0 Å². The normalized spacial score (nSPS) is 19.3. The number of pyridine rings is 1. The summed E-state index contributed by atoms with van der Waals surface area (Å²) in [6.07, 6.45) is 5.20. The maximum atomic E-state index is 5.45. The minimum Gasteiger partial charge on any atom is -0.497 e. The Morgan fingerprint density at radius 1 is 1.19 bits per heavy atom. The van der Waals surface area contributed by atoms with Crippen LogP contribution in [0.2, 0.25) is 0 Å². The summed E-state index contributed by atoms with van der Waals surface area (Å²) in [5.74, 6) is 0.932. The van der Waals surface area contributed by atoms with Crippen LogP contribution in [-0.4, -0.2) is 41.6 Å². The van der Waals surface area contributed by atoms with Gasteiger partial charge >= 0.3 is 0 Å². The quantitative estimate of drug-likeness (QED) is 0.751. The zero-order valence-electron chi connectivity index (χ0n) is 15.8. The number of hydrogen-bond donors (Lipinski definition) is 2. The van der Waals surface area contributed by atoms with Gasteiger partial charge in [0.25, 0.3) is 0 Å². The molecule has 0 radical (unpaired) electrons. The molecule has 0 bridgehead atoms. The molecule has 0 atom stereocenters. The molecule has 0 unspecified atom stereocenters. The topological polar surface area (TPSA) is 53.2 Å². The van der Waals surface area contributed by atoms with Gasteiger partial charge in [0.05, 0.1) is 18.3 Å². The third kappa shape index (κ3) is 2.91. The monoisotopic (exact) mass is 362 g/mol. The standard InChI is InChI=1S/C22H26N4O/c1-27-17-5-6-20-19(14-17)18-7-11-24-22(21(18)25-20)8-12-26(13-9-22)15-16-4-2-3-10-23-16/h2-6,10,14,24-25H,7-9,11-13,15H2,1H3. The fraction of sp³-hybridized carbons (Fsp3) is 0.409. The molecule has 0 aliphatic carbocycles. The first-order valence-electron chi connectivity index (χ1n) is 9.84. The van der Waals surface area contributed by atoms with E-state index in [-0.39, 0.29) is 5.54 Å². The number of benzene rings is 1. The summed E-state index contributed by atoms with van der Waals surface area (Å²) in [5, 5.41) is 5.18. The number of H-pyrrole nitrogens is 1. The molecule has 0 saturated carbocycles. The highest BCUT2D eigenvalue weighted by atomic mass is 16.5. The molecule has 2 aliphatic heterocycles. The van der Waals surface area contributed by atoms with Crippen LogP contribution in [0.1, 0.15) is 29.8 Å². The molecule has 4 heterocycles. The van der Waals surface area contributed by atoms with Crippen molar-refractivity contribution in [1.82, 2.24) is 20.2 Å². The number of nitrogens with zero attached hydrogens (tertiary/aromatic N) is 2. The van der Waals surface area contributed by atoms with Crippen molar-refractivity contribution in [3.63, 3.8) is 0 Å². The van der Waals surface area contributed by atoms with Crippen LogP contribution in [0.25, 0.3) is 10.9 Å². The van der Waals surface area contributed by atoms with Crippen LogP contribution in [0.4, 0.5) is 0 Å². The zero-order chi connectivity index (χ0) is 18.3. The summed E-state index contributed by atoms with van der Waals surface area (Å²) >= 11 is 0. The molecule has 1 spiro atoms. The molecule has 5 nitrogen and oxygen atoms in total. The highest BCUT2D eigenvalue weighted by molar-refractivity contribution is 5.86. The summed E-state index contributed by atoms with van der Waals surface area (Å²) in [4.78, 5) is 10.7. The van der Waals surface area contributed by atoms with Gasteiger partial charge in [-0.1, -0.05) is 6.07 Å². The third-order valence-electron chi connectivity index (χ3n) is 6.25.